The van der Waals surface area contributed by atoms with Crippen LogP contribution in [-0.4, -0.2) is 29.6 Å². The molecule has 2 bridgehead atoms. The highest BCUT2D eigenvalue weighted by molar-refractivity contribution is 9.13. The van der Waals surface area contributed by atoms with Crippen LogP contribution in [-0.2, 0) is 16.2 Å². The van der Waals surface area contributed by atoms with Crippen LogP contribution >= 0.6 is 55.1 Å². The topological polar surface area (TPSA) is 68.2 Å². The lowest BCUT2D eigenvalue weighted by Crippen LogP contribution is -2.28. The molecule has 0 aromatic heterocycles. The van der Waals surface area contributed by atoms with E-state index in [1.165, 1.54) is 6.21 Å². The highest BCUT2D eigenvalue weighted by Crippen LogP contribution is 2.52. The first-order valence-corrected chi connectivity index (χ1v) is 13.5. The average Bonchev–Trinajstić information content (AvgIpc) is 3.52. The summed E-state index contributed by atoms with van der Waals surface area (Å²) in [5.74, 6) is 0.222. The second-order valence-electron chi connectivity index (χ2n) is 8.62. The summed E-state index contributed by atoms with van der Waals surface area (Å²) >= 11 is 19.3. The number of imide groups is 1. The molecule has 0 unspecified atom stereocenters. The van der Waals surface area contributed by atoms with Crippen LogP contribution in [0.5, 0.6) is 11.5 Å². The number of hydrogen-bond acceptors (Lipinski definition) is 5. The molecule has 1 saturated heterocycles. The molecule has 2 aromatic rings. The zero-order chi connectivity index (χ0) is 24.9. The number of benzene rings is 2. The minimum absolute atomic E-state index is 0.138. The molecule has 1 aliphatic heterocycles. The summed E-state index contributed by atoms with van der Waals surface area (Å²) < 4.78 is 13.1. The molecule has 6 nitrogen and oxygen atoms in total. The van der Waals surface area contributed by atoms with Crippen LogP contribution in [0.3, 0.4) is 0 Å². The summed E-state index contributed by atoms with van der Waals surface area (Å²) in [6, 6.07) is 7.05. The molecule has 182 valence electrons. The third-order valence-electron chi connectivity index (χ3n) is 6.58. The number of amides is 2. The first-order valence-electron chi connectivity index (χ1n) is 11.1. The number of halogens is 4. The predicted molar refractivity (Wildman–Crippen MR) is 141 cm³/mol. The Bertz CT molecular complexity index is 1250. The third-order valence-corrected chi connectivity index (χ3v) is 9.46. The molecule has 4 atom stereocenters. The van der Waals surface area contributed by atoms with Gasteiger partial charge in [-0.15, -0.1) is 0 Å². The van der Waals surface area contributed by atoms with Gasteiger partial charge in [0.25, 0.3) is 11.8 Å². The maximum Gasteiger partial charge on any atom is 0.254 e. The number of nitrogens with zero attached hydrogens (tertiary/aromatic N) is 2. The number of hydrogen-bond donors (Lipinski definition) is 0. The second-order valence-corrected chi connectivity index (χ2v) is 11.0. The maximum absolute atomic E-state index is 12.9. The Morgan fingerprint density at radius 2 is 1.71 bits per heavy atom. The van der Waals surface area contributed by atoms with Crippen molar-refractivity contribution in [3.63, 3.8) is 0 Å². The largest absolute Gasteiger partial charge is 0.490 e. The molecule has 1 heterocycles. The number of rotatable bonds is 7. The lowest BCUT2D eigenvalue weighted by Gasteiger charge is -2.17. The average molecular weight is 643 g/mol. The summed E-state index contributed by atoms with van der Waals surface area (Å²) in [6.07, 6.45) is 6.49. The minimum Gasteiger partial charge on any atom is -0.490 e. The fraction of sp³-hybridized carbons (Fsp3) is 0.320. The number of ether oxygens (including phenoxy) is 2. The lowest BCUT2D eigenvalue weighted by atomic mass is 9.85. The van der Waals surface area contributed by atoms with E-state index < -0.39 is 0 Å². The molecule has 35 heavy (non-hydrogen) atoms. The summed E-state index contributed by atoms with van der Waals surface area (Å²) in [5.41, 5.74) is 1.47. The van der Waals surface area contributed by atoms with Gasteiger partial charge in [-0.3, -0.25) is 9.59 Å². The number of carbonyl (C=O) groups is 2. The van der Waals surface area contributed by atoms with Gasteiger partial charge in [0.15, 0.2) is 11.5 Å². The summed E-state index contributed by atoms with van der Waals surface area (Å²) in [5, 5.41) is 6.23. The monoisotopic (exact) mass is 640 g/mol. The van der Waals surface area contributed by atoms with Crippen molar-refractivity contribution in [3.05, 3.63) is 66.5 Å². The van der Waals surface area contributed by atoms with Crippen molar-refractivity contribution in [2.24, 2.45) is 28.8 Å². The predicted octanol–water partition coefficient (Wildman–Crippen LogP) is 6.64. The molecule has 2 amide bonds. The van der Waals surface area contributed by atoms with Crippen LogP contribution in [0.15, 0.2) is 50.5 Å². The van der Waals surface area contributed by atoms with Gasteiger partial charge in [0.2, 0.25) is 0 Å². The van der Waals surface area contributed by atoms with Crippen LogP contribution in [0.1, 0.15) is 24.5 Å². The van der Waals surface area contributed by atoms with E-state index in [1.54, 1.807) is 18.2 Å². The second kappa shape index (κ2) is 9.88. The molecule has 5 rings (SSSR count). The van der Waals surface area contributed by atoms with Gasteiger partial charge in [-0.05, 0) is 80.8 Å². The van der Waals surface area contributed by atoms with Crippen molar-refractivity contribution < 1.29 is 19.1 Å². The molecule has 2 aliphatic carbocycles. The first kappa shape index (κ1) is 24.8. The third kappa shape index (κ3) is 4.43. The molecule has 1 saturated carbocycles. The Hall–Kier alpha value is -1.87. The standard InChI is InChI=1S/C25H20Br2Cl2N2O4/c1-2-34-18-9-15(10-30-31-24(32)19-13-4-5-14(8-13)20(19)25(31)33)21(26)22(27)23(18)35-11-12-3-6-16(28)17(29)7-12/h3-7,9-10,13-14,19-20H,2,8,11H2,1H3/t13-,14-,19-,20+/m0/s1. The molecule has 0 radical (unpaired) electrons. The fourth-order valence-corrected chi connectivity index (χ4v) is 6.26. The highest BCUT2D eigenvalue weighted by atomic mass is 79.9. The molecule has 3 aliphatic rings. The van der Waals surface area contributed by atoms with Gasteiger partial charge in [-0.2, -0.15) is 10.1 Å². The molecular weight excluding hydrogens is 623 g/mol. The SMILES string of the molecule is CCOc1cc(C=NN2C(=O)[C@@H]3[C@H](C2=O)[C@H]2C=C[C@H]3C2)c(Br)c(Br)c1OCc1ccc(Cl)c(Cl)c1. The fourth-order valence-electron chi connectivity index (χ4n) is 5.00. The highest BCUT2D eigenvalue weighted by Gasteiger charge is 2.59. The number of fused-ring (bicyclic) bond motifs is 5. The van der Waals surface area contributed by atoms with Gasteiger partial charge < -0.3 is 9.47 Å². The van der Waals surface area contributed by atoms with Gasteiger partial charge >= 0.3 is 0 Å². The Balaban J connectivity index is 1.39. The molecule has 2 fully saturated rings. The Labute approximate surface area is 229 Å². The summed E-state index contributed by atoms with van der Waals surface area (Å²) in [6.45, 7) is 2.52. The van der Waals surface area contributed by atoms with E-state index in [4.69, 9.17) is 32.7 Å². The summed E-state index contributed by atoms with van der Waals surface area (Å²) in [7, 11) is 0. The number of carbonyl (C=O) groups excluding carboxylic acids is 2. The Kier molecular flexibility index (Phi) is 7.00. The molecule has 0 N–H and O–H groups in total. The number of allylic oxidation sites excluding steroid dienone is 2. The van der Waals surface area contributed by atoms with E-state index in [-0.39, 0.29) is 42.1 Å². The molecule has 2 aromatic carbocycles. The summed E-state index contributed by atoms with van der Waals surface area (Å²) in [4.78, 5) is 25.8. The van der Waals surface area contributed by atoms with E-state index in [0.29, 0.717) is 42.7 Å². The Morgan fingerprint density at radius 1 is 1.03 bits per heavy atom. The van der Waals surface area contributed by atoms with E-state index in [2.05, 4.69) is 49.1 Å². The van der Waals surface area contributed by atoms with Gasteiger partial charge in [-0.1, -0.05) is 41.4 Å². The van der Waals surface area contributed by atoms with Crippen LogP contribution in [0, 0.1) is 23.7 Å². The van der Waals surface area contributed by atoms with E-state index >= 15 is 0 Å². The van der Waals surface area contributed by atoms with E-state index in [0.717, 1.165) is 17.0 Å². The zero-order valence-corrected chi connectivity index (χ0v) is 23.2. The minimum atomic E-state index is -0.291. The van der Waals surface area contributed by atoms with E-state index in [9.17, 15) is 9.59 Å². The van der Waals surface area contributed by atoms with Crippen molar-refractivity contribution in [2.45, 2.75) is 20.0 Å². The van der Waals surface area contributed by atoms with Gasteiger partial charge in [-0.25, -0.2) is 0 Å². The van der Waals surface area contributed by atoms with Crippen LogP contribution in [0.2, 0.25) is 10.0 Å². The van der Waals surface area contributed by atoms with Gasteiger partial charge in [0.05, 0.1) is 39.2 Å². The van der Waals surface area contributed by atoms with Gasteiger partial charge in [0.1, 0.15) is 6.61 Å². The molecule has 0 spiro atoms. The van der Waals surface area contributed by atoms with Crippen molar-refractivity contribution in [1.29, 1.82) is 0 Å². The molecular formula is C25H20Br2Cl2N2O4. The van der Waals surface area contributed by atoms with E-state index in [1.807, 2.05) is 13.0 Å². The van der Waals surface area contributed by atoms with Crippen LogP contribution in [0.25, 0.3) is 0 Å². The quantitative estimate of drug-likeness (QED) is 0.193. The van der Waals surface area contributed by atoms with Crippen LogP contribution < -0.4 is 9.47 Å². The lowest BCUT2D eigenvalue weighted by molar-refractivity contribution is -0.140. The smallest absolute Gasteiger partial charge is 0.254 e. The molecule has 10 heteroatoms. The Morgan fingerprint density at radius 3 is 2.34 bits per heavy atom. The van der Waals surface area contributed by atoms with Crippen LogP contribution in [0.4, 0.5) is 0 Å². The van der Waals surface area contributed by atoms with Crippen molar-refractivity contribution in [3.8, 4) is 11.5 Å². The van der Waals surface area contributed by atoms with Gasteiger partial charge in [0, 0.05) is 10.0 Å². The first-order chi connectivity index (χ1) is 16.8. The van der Waals surface area contributed by atoms with Crippen molar-refractivity contribution in [1.82, 2.24) is 5.01 Å². The normalized spacial score (nSPS) is 24.7. The maximum atomic E-state index is 12.9. The van der Waals surface area contributed by atoms with Crippen molar-refractivity contribution >= 4 is 73.1 Å². The zero-order valence-electron chi connectivity index (χ0n) is 18.5. The number of hydrazone groups is 1. The van der Waals surface area contributed by atoms with Crippen molar-refractivity contribution in [2.75, 3.05) is 6.61 Å².